The van der Waals surface area contributed by atoms with E-state index in [1.54, 1.807) is 12.1 Å². The highest BCUT2D eigenvalue weighted by Gasteiger charge is 2.20. The molecule has 1 aliphatic rings. The molecule has 0 saturated carbocycles. The van der Waals surface area contributed by atoms with Crippen LogP contribution in [0.3, 0.4) is 0 Å². The average Bonchev–Trinajstić information content (AvgIpc) is 2.75. The summed E-state index contributed by atoms with van der Waals surface area (Å²) in [6.07, 6.45) is 4.45. The van der Waals surface area contributed by atoms with Crippen LogP contribution in [-0.4, -0.2) is 34.9 Å². The Labute approximate surface area is 136 Å². The first-order valence-corrected chi connectivity index (χ1v) is 7.95. The lowest BCUT2D eigenvalue weighted by Crippen LogP contribution is -2.35. The Morgan fingerprint density at radius 1 is 1.09 bits per heavy atom. The number of rotatable bonds is 2. The summed E-state index contributed by atoms with van der Waals surface area (Å²) >= 11 is 5.07. The molecule has 118 valence electrons. The summed E-state index contributed by atoms with van der Waals surface area (Å²) in [7, 11) is 0. The highest BCUT2D eigenvalue weighted by molar-refractivity contribution is 7.80. The zero-order chi connectivity index (χ0) is 15.9. The smallest absolute Gasteiger partial charge is 0.255 e. The largest absolute Gasteiger partial charge is 0.339 e. The van der Waals surface area contributed by atoms with Crippen molar-refractivity contribution in [3.05, 3.63) is 29.8 Å². The fraction of sp³-hybridized carbons (Fsp3) is 0.438. The fourth-order valence-electron chi connectivity index (χ4n) is 2.54. The Kier molecular flexibility index (Phi) is 5.89. The summed E-state index contributed by atoms with van der Waals surface area (Å²) in [6, 6.07) is 7.24. The molecule has 0 bridgehead atoms. The molecule has 0 radical (unpaired) electrons. The van der Waals surface area contributed by atoms with Gasteiger partial charge in [0.1, 0.15) is 0 Å². The SMILES string of the molecule is CC(=O)NC(=S)Nc1ccccc1C(=O)N1CCCCCC1. The van der Waals surface area contributed by atoms with Gasteiger partial charge in [0.05, 0.1) is 11.3 Å². The molecule has 1 aromatic rings. The van der Waals surface area contributed by atoms with E-state index < -0.39 is 0 Å². The molecule has 1 fully saturated rings. The number of carbonyl (C=O) groups is 2. The van der Waals surface area contributed by atoms with Gasteiger partial charge in [-0.05, 0) is 37.2 Å². The van der Waals surface area contributed by atoms with Crippen LogP contribution in [0.1, 0.15) is 43.0 Å². The van der Waals surface area contributed by atoms with Crippen molar-refractivity contribution in [2.45, 2.75) is 32.6 Å². The molecule has 0 spiro atoms. The molecule has 1 aliphatic heterocycles. The Bertz CT molecular complexity index is 566. The number of carbonyl (C=O) groups excluding carboxylic acids is 2. The molecule has 2 amide bonds. The van der Waals surface area contributed by atoms with E-state index in [2.05, 4.69) is 10.6 Å². The lowest BCUT2D eigenvalue weighted by Gasteiger charge is -2.22. The molecule has 6 heteroatoms. The molecule has 1 saturated heterocycles. The van der Waals surface area contributed by atoms with Gasteiger partial charge in [-0.3, -0.25) is 9.59 Å². The molecule has 5 nitrogen and oxygen atoms in total. The van der Waals surface area contributed by atoms with Gasteiger partial charge < -0.3 is 15.5 Å². The molecule has 22 heavy (non-hydrogen) atoms. The lowest BCUT2D eigenvalue weighted by atomic mass is 10.1. The van der Waals surface area contributed by atoms with Gasteiger partial charge >= 0.3 is 0 Å². The summed E-state index contributed by atoms with van der Waals surface area (Å²) < 4.78 is 0. The first kappa shape index (κ1) is 16.4. The van der Waals surface area contributed by atoms with Crippen molar-refractivity contribution >= 4 is 34.8 Å². The summed E-state index contributed by atoms with van der Waals surface area (Å²) in [5.41, 5.74) is 1.20. The van der Waals surface area contributed by atoms with Crippen molar-refractivity contribution in [3.63, 3.8) is 0 Å². The average molecular weight is 319 g/mol. The molecule has 2 rings (SSSR count). The van der Waals surface area contributed by atoms with Gasteiger partial charge in [-0.15, -0.1) is 0 Å². The van der Waals surface area contributed by atoms with Crippen LogP contribution in [-0.2, 0) is 4.79 Å². The highest BCUT2D eigenvalue weighted by atomic mass is 32.1. The number of thiocarbonyl (C=S) groups is 1. The zero-order valence-corrected chi connectivity index (χ0v) is 13.5. The van der Waals surface area contributed by atoms with Crippen molar-refractivity contribution in [1.82, 2.24) is 10.2 Å². The fourth-order valence-corrected chi connectivity index (χ4v) is 2.79. The Morgan fingerprint density at radius 2 is 1.73 bits per heavy atom. The first-order valence-electron chi connectivity index (χ1n) is 7.55. The quantitative estimate of drug-likeness (QED) is 0.822. The third kappa shape index (κ3) is 4.53. The van der Waals surface area contributed by atoms with Crippen molar-refractivity contribution < 1.29 is 9.59 Å². The van der Waals surface area contributed by atoms with Gasteiger partial charge in [0, 0.05) is 20.0 Å². The van der Waals surface area contributed by atoms with E-state index in [-0.39, 0.29) is 16.9 Å². The molecular weight excluding hydrogens is 298 g/mol. The Morgan fingerprint density at radius 3 is 2.36 bits per heavy atom. The van der Waals surface area contributed by atoms with Gasteiger partial charge in [0.2, 0.25) is 5.91 Å². The number of para-hydroxylation sites is 1. The summed E-state index contributed by atoms with van der Waals surface area (Å²) in [4.78, 5) is 25.7. The second-order valence-electron chi connectivity index (χ2n) is 5.39. The van der Waals surface area contributed by atoms with Gasteiger partial charge in [-0.25, -0.2) is 0 Å². The van der Waals surface area contributed by atoms with Crippen LogP contribution < -0.4 is 10.6 Å². The maximum atomic E-state index is 12.7. The lowest BCUT2D eigenvalue weighted by molar-refractivity contribution is -0.117. The van der Waals surface area contributed by atoms with E-state index in [0.29, 0.717) is 11.3 Å². The number of anilines is 1. The minimum Gasteiger partial charge on any atom is -0.339 e. The maximum absolute atomic E-state index is 12.7. The van der Waals surface area contributed by atoms with E-state index in [4.69, 9.17) is 12.2 Å². The van der Waals surface area contributed by atoms with E-state index >= 15 is 0 Å². The first-order chi connectivity index (χ1) is 10.6. The summed E-state index contributed by atoms with van der Waals surface area (Å²) in [5, 5.41) is 5.63. The number of amides is 2. The number of benzene rings is 1. The van der Waals surface area contributed by atoms with E-state index in [1.165, 1.54) is 19.8 Å². The second-order valence-corrected chi connectivity index (χ2v) is 5.80. The van der Waals surface area contributed by atoms with Gasteiger partial charge in [0.15, 0.2) is 5.11 Å². The van der Waals surface area contributed by atoms with Crippen molar-refractivity contribution in [2.75, 3.05) is 18.4 Å². The normalized spacial score (nSPS) is 14.9. The molecule has 0 aliphatic carbocycles. The third-order valence-electron chi connectivity index (χ3n) is 3.59. The monoisotopic (exact) mass is 319 g/mol. The van der Waals surface area contributed by atoms with Crippen LogP contribution in [0.4, 0.5) is 5.69 Å². The third-order valence-corrected chi connectivity index (χ3v) is 3.79. The Balaban J connectivity index is 2.14. The standard InChI is InChI=1S/C16H21N3O2S/c1-12(20)17-16(22)18-14-9-5-4-8-13(14)15(21)19-10-6-2-3-7-11-19/h4-5,8-9H,2-3,6-7,10-11H2,1H3,(H2,17,18,20,22). The van der Waals surface area contributed by atoms with Gasteiger partial charge in [-0.2, -0.15) is 0 Å². The van der Waals surface area contributed by atoms with Crippen molar-refractivity contribution in [2.24, 2.45) is 0 Å². The van der Waals surface area contributed by atoms with E-state index in [1.807, 2.05) is 17.0 Å². The summed E-state index contributed by atoms with van der Waals surface area (Å²) in [6.45, 7) is 2.98. The minimum absolute atomic E-state index is 0.00984. The van der Waals surface area contributed by atoms with E-state index in [9.17, 15) is 9.59 Å². The highest BCUT2D eigenvalue weighted by Crippen LogP contribution is 2.19. The van der Waals surface area contributed by atoms with Gasteiger partial charge in [-0.1, -0.05) is 25.0 Å². The molecule has 0 aromatic heterocycles. The van der Waals surface area contributed by atoms with Crippen LogP contribution in [0.25, 0.3) is 0 Å². The molecule has 0 atom stereocenters. The topological polar surface area (TPSA) is 61.4 Å². The van der Waals surface area contributed by atoms with Gasteiger partial charge in [0.25, 0.3) is 5.91 Å². The number of hydrogen-bond donors (Lipinski definition) is 2. The molecule has 1 heterocycles. The molecular formula is C16H21N3O2S. The van der Waals surface area contributed by atoms with Crippen molar-refractivity contribution in [1.29, 1.82) is 0 Å². The zero-order valence-electron chi connectivity index (χ0n) is 12.7. The predicted octanol–water partition coefficient (Wildman–Crippen LogP) is 2.54. The summed E-state index contributed by atoms with van der Waals surface area (Å²) in [5.74, 6) is -0.232. The van der Waals surface area contributed by atoms with Crippen LogP contribution in [0.15, 0.2) is 24.3 Å². The number of nitrogens with zero attached hydrogens (tertiary/aromatic N) is 1. The van der Waals surface area contributed by atoms with E-state index in [0.717, 1.165) is 25.9 Å². The second kappa shape index (κ2) is 7.89. The molecule has 0 unspecified atom stereocenters. The van der Waals surface area contributed by atoms with Crippen molar-refractivity contribution in [3.8, 4) is 0 Å². The van der Waals surface area contributed by atoms with Crippen LogP contribution in [0.5, 0.6) is 0 Å². The number of hydrogen-bond acceptors (Lipinski definition) is 3. The maximum Gasteiger partial charge on any atom is 0.255 e. The van der Waals surface area contributed by atoms with Crippen LogP contribution in [0, 0.1) is 0 Å². The number of likely N-dealkylation sites (tertiary alicyclic amines) is 1. The van der Waals surface area contributed by atoms with Crippen LogP contribution in [0.2, 0.25) is 0 Å². The molecule has 2 N–H and O–H groups in total. The Hall–Kier alpha value is -1.95. The van der Waals surface area contributed by atoms with Crippen LogP contribution >= 0.6 is 12.2 Å². The molecule has 1 aromatic carbocycles. The predicted molar refractivity (Wildman–Crippen MR) is 90.9 cm³/mol. The number of nitrogens with one attached hydrogen (secondary N) is 2. The minimum atomic E-state index is -0.242.